The van der Waals surface area contributed by atoms with Crippen LogP contribution >= 0.6 is 0 Å². The Hall–Kier alpha value is -4.63. The monoisotopic (exact) mass is 493 g/mol. The zero-order chi connectivity index (χ0) is 25.5. The van der Waals surface area contributed by atoms with Gasteiger partial charge in [0.1, 0.15) is 6.07 Å². The number of nitrogens with zero attached hydrogens (tertiary/aromatic N) is 4. The van der Waals surface area contributed by atoms with Crippen molar-refractivity contribution < 1.29 is 33.1 Å². The van der Waals surface area contributed by atoms with Crippen LogP contribution in [0.2, 0.25) is 0 Å². The summed E-state index contributed by atoms with van der Waals surface area (Å²) >= 11 is 0. The van der Waals surface area contributed by atoms with Crippen molar-refractivity contribution in [2.24, 2.45) is 0 Å². The van der Waals surface area contributed by atoms with E-state index in [1.807, 2.05) is 6.07 Å². The van der Waals surface area contributed by atoms with Gasteiger partial charge in [-0.2, -0.15) is 10.2 Å². The van der Waals surface area contributed by atoms with Gasteiger partial charge in [0, 0.05) is 31.7 Å². The Bertz CT molecular complexity index is 1240. The van der Waals surface area contributed by atoms with Gasteiger partial charge >= 0.3 is 5.97 Å². The van der Waals surface area contributed by atoms with Crippen molar-refractivity contribution in [3.8, 4) is 17.7 Å². The van der Waals surface area contributed by atoms with Gasteiger partial charge in [0.25, 0.3) is 17.7 Å². The maximum absolute atomic E-state index is 12.6. The van der Waals surface area contributed by atoms with Gasteiger partial charge in [0.15, 0.2) is 18.4 Å². The number of nitriles is 1. The number of hydrogen-bond acceptors (Lipinski definition) is 10. The molecule has 0 radical (unpaired) electrons. The minimum atomic E-state index is -1.30. The van der Waals surface area contributed by atoms with Crippen LogP contribution in [0.3, 0.4) is 0 Å². The molecule has 1 unspecified atom stereocenters. The first-order chi connectivity index (χ1) is 17.5. The molecule has 1 aliphatic rings. The Morgan fingerprint density at radius 2 is 1.89 bits per heavy atom. The van der Waals surface area contributed by atoms with E-state index in [9.17, 15) is 24.8 Å². The summed E-state index contributed by atoms with van der Waals surface area (Å²) < 4.78 is 16.0. The summed E-state index contributed by atoms with van der Waals surface area (Å²) in [5.74, 6) is -1.01. The topological polar surface area (TPSA) is 162 Å². The summed E-state index contributed by atoms with van der Waals surface area (Å²) in [6, 6.07) is 12.3. The van der Waals surface area contributed by atoms with Crippen LogP contribution in [0.5, 0.6) is 0 Å². The first-order valence-electron chi connectivity index (χ1n) is 11.1. The van der Waals surface area contributed by atoms with E-state index in [0.29, 0.717) is 43.4 Å². The number of esters is 1. The average molecular weight is 493 g/mol. The highest BCUT2D eigenvalue weighted by atomic mass is 16.5. The van der Waals surface area contributed by atoms with Crippen LogP contribution < -0.4 is 10.2 Å². The normalized spacial score (nSPS) is 14.1. The molecule has 1 aromatic carbocycles. The molecule has 1 atom stereocenters. The lowest BCUT2D eigenvalue weighted by molar-refractivity contribution is -0.154. The van der Waals surface area contributed by atoms with Crippen molar-refractivity contribution in [1.82, 2.24) is 15.2 Å². The van der Waals surface area contributed by atoms with E-state index in [1.54, 1.807) is 47.4 Å². The molecule has 12 heteroatoms. The number of amides is 2. The molecule has 3 aromatic rings. The number of ether oxygens (including phenoxy) is 1. The van der Waals surface area contributed by atoms with Gasteiger partial charge in [-0.1, -0.05) is 18.2 Å². The van der Waals surface area contributed by atoms with Crippen LogP contribution in [0.25, 0.3) is 11.7 Å². The van der Waals surface area contributed by atoms with Gasteiger partial charge < -0.3 is 33.8 Å². The summed E-state index contributed by atoms with van der Waals surface area (Å²) in [5, 5.41) is 21.3. The van der Waals surface area contributed by atoms with E-state index in [0.717, 1.165) is 0 Å². The highest BCUT2D eigenvalue weighted by molar-refractivity contribution is 5.97. The fraction of sp³-hybridized carbons (Fsp3) is 0.292. The number of aliphatic hydroxyl groups excluding tert-OH is 1. The second-order valence-corrected chi connectivity index (χ2v) is 7.81. The minimum Gasteiger partial charge on any atom is -0.459 e. The average Bonchev–Trinajstić information content (AvgIpc) is 3.61. The van der Waals surface area contributed by atoms with E-state index >= 15 is 0 Å². The van der Waals surface area contributed by atoms with Crippen molar-refractivity contribution in [1.29, 1.82) is 5.26 Å². The SMILES string of the molecule is N#Cc1nc(-c2ccco2)oc1N1CCN(C(=O)COC(=O)C(CO)NC(=O)c2ccccc2)CC1. The minimum absolute atomic E-state index is 0.114. The summed E-state index contributed by atoms with van der Waals surface area (Å²) in [5.41, 5.74) is 0.433. The number of anilines is 1. The van der Waals surface area contributed by atoms with Crippen LogP contribution in [0.1, 0.15) is 16.1 Å². The third-order valence-electron chi connectivity index (χ3n) is 5.51. The first-order valence-corrected chi connectivity index (χ1v) is 11.1. The molecule has 2 amide bonds. The Morgan fingerprint density at radius 1 is 1.14 bits per heavy atom. The molecule has 12 nitrogen and oxygen atoms in total. The number of nitrogens with one attached hydrogen (secondary N) is 1. The molecule has 36 heavy (non-hydrogen) atoms. The van der Waals surface area contributed by atoms with Gasteiger partial charge in [-0.15, -0.1) is 0 Å². The standard InChI is InChI=1S/C24H23N5O7/c25-13-17-23(36-22(27-17)19-7-4-12-34-19)29-10-8-28(9-11-29)20(31)15-35-24(33)18(14-30)26-21(32)16-5-2-1-3-6-16/h1-7,12,18,30H,8-11,14-15H2,(H,26,32). The molecule has 186 valence electrons. The number of oxazole rings is 1. The molecule has 0 saturated carbocycles. The van der Waals surface area contributed by atoms with Crippen LogP contribution in [0.15, 0.2) is 57.6 Å². The lowest BCUT2D eigenvalue weighted by Crippen LogP contribution is -2.50. The van der Waals surface area contributed by atoms with Crippen LogP contribution in [0.4, 0.5) is 5.88 Å². The lowest BCUT2D eigenvalue weighted by atomic mass is 10.2. The number of benzene rings is 1. The van der Waals surface area contributed by atoms with E-state index in [4.69, 9.17) is 13.6 Å². The maximum Gasteiger partial charge on any atom is 0.331 e. The van der Waals surface area contributed by atoms with Gasteiger partial charge in [-0.05, 0) is 24.3 Å². The molecular formula is C24H23N5O7. The largest absolute Gasteiger partial charge is 0.459 e. The zero-order valence-corrected chi connectivity index (χ0v) is 19.1. The summed E-state index contributed by atoms with van der Waals surface area (Å²) in [7, 11) is 0. The van der Waals surface area contributed by atoms with Gasteiger partial charge in [0.2, 0.25) is 11.6 Å². The first kappa shape index (κ1) is 24.5. The van der Waals surface area contributed by atoms with Crippen LogP contribution in [-0.2, 0) is 14.3 Å². The van der Waals surface area contributed by atoms with Crippen molar-refractivity contribution in [2.75, 3.05) is 44.3 Å². The Kier molecular flexibility index (Phi) is 7.62. The number of hydrogen-bond donors (Lipinski definition) is 2. The quantitative estimate of drug-likeness (QED) is 0.429. The highest BCUT2D eigenvalue weighted by Gasteiger charge is 2.28. The van der Waals surface area contributed by atoms with E-state index in [2.05, 4.69) is 10.3 Å². The zero-order valence-electron chi connectivity index (χ0n) is 19.1. The number of carbonyl (C=O) groups excluding carboxylic acids is 3. The summed E-state index contributed by atoms with van der Waals surface area (Å²) in [6.45, 7) is 0.118. The van der Waals surface area contributed by atoms with Gasteiger partial charge in [-0.3, -0.25) is 9.59 Å². The molecule has 0 spiro atoms. The Labute approximate surface area is 205 Å². The number of furan rings is 1. The highest BCUT2D eigenvalue weighted by Crippen LogP contribution is 2.29. The van der Waals surface area contributed by atoms with E-state index < -0.39 is 37.0 Å². The molecule has 0 bridgehead atoms. The third-order valence-corrected chi connectivity index (χ3v) is 5.51. The maximum atomic E-state index is 12.6. The van der Waals surface area contributed by atoms with Crippen LogP contribution in [0, 0.1) is 11.3 Å². The molecule has 1 aliphatic heterocycles. The molecule has 2 aromatic heterocycles. The predicted octanol–water partition coefficient (Wildman–Crippen LogP) is 0.789. The second-order valence-electron chi connectivity index (χ2n) is 7.81. The molecule has 1 saturated heterocycles. The number of aliphatic hydroxyl groups is 1. The van der Waals surface area contributed by atoms with E-state index in [1.165, 1.54) is 11.2 Å². The number of piperazine rings is 1. The second kappa shape index (κ2) is 11.2. The van der Waals surface area contributed by atoms with Crippen molar-refractivity contribution in [2.45, 2.75) is 6.04 Å². The Morgan fingerprint density at radius 3 is 2.53 bits per heavy atom. The van der Waals surface area contributed by atoms with E-state index in [-0.39, 0.29) is 11.6 Å². The summed E-state index contributed by atoms with van der Waals surface area (Å²) in [4.78, 5) is 44.6. The fourth-order valence-corrected chi connectivity index (χ4v) is 3.60. The lowest BCUT2D eigenvalue weighted by Gasteiger charge is -2.34. The van der Waals surface area contributed by atoms with Crippen molar-refractivity contribution >= 4 is 23.7 Å². The number of aromatic nitrogens is 1. The van der Waals surface area contributed by atoms with Crippen molar-refractivity contribution in [3.05, 3.63) is 60.0 Å². The van der Waals surface area contributed by atoms with Crippen LogP contribution in [-0.4, -0.2) is 78.2 Å². The smallest absolute Gasteiger partial charge is 0.331 e. The number of carbonyl (C=O) groups is 3. The molecule has 4 rings (SSSR count). The molecule has 3 heterocycles. The Balaban J connectivity index is 1.27. The number of rotatable bonds is 8. The predicted molar refractivity (Wildman–Crippen MR) is 123 cm³/mol. The molecule has 2 N–H and O–H groups in total. The fourth-order valence-electron chi connectivity index (χ4n) is 3.60. The summed E-state index contributed by atoms with van der Waals surface area (Å²) in [6.07, 6.45) is 1.47. The van der Waals surface area contributed by atoms with Gasteiger partial charge in [0.05, 0.1) is 12.9 Å². The molecule has 1 fully saturated rings. The molecule has 0 aliphatic carbocycles. The van der Waals surface area contributed by atoms with Crippen molar-refractivity contribution in [3.63, 3.8) is 0 Å². The van der Waals surface area contributed by atoms with Gasteiger partial charge in [-0.25, -0.2) is 4.79 Å². The molecular weight excluding hydrogens is 470 g/mol. The third kappa shape index (κ3) is 5.53.